The molecule has 1 aromatic heterocycles. The SMILES string of the molecule is CC(C)=CCc1c(-c2ccc(O)cc2O)oc2c([C@@H]3C=C(C)C[C@H](C(=O)c4ccc5c(c4O)CCC(C)(C)O5)[C@H]3c3ccc(O)cc3O)c(O)cc(O)c2c1=O. The fourth-order valence-corrected chi connectivity index (χ4v) is 8.21. The Morgan fingerprint density at radius 2 is 1.57 bits per heavy atom. The van der Waals surface area contributed by atoms with Gasteiger partial charge in [-0.25, -0.2) is 0 Å². The van der Waals surface area contributed by atoms with Gasteiger partial charge in [-0.15, -0.1) is 0 Å². The summed E-state index contributed by atoms with van der Waals surface area (Å²) in [4.78, 5) is 29.4. The lowest BCUT2D eigenvalue weighted by Crippen LogP contribution is -2.33. The highest BCUT2D eigenvalue weighted by Gasteiger charge is 2.44. The van der Waals surface area contributed by atoms with Crippen LogP contribution in [-0.2, 0) is 12.8 Å². The molecule has 11 heteroatoms. The first-order valence-electron chi connectivity index (χ1n) is 18.4. The van der Waals surface area contributed by atoms with Crippen molar-refractivity contribution in [3.63, 3.8) is 0 Å². The summed E-state index contributed by atoms with van der Waals surface area (Å²) in [5.41, 5.74) is 1.26. The number of hydrogen-bond donors (Lipinski definition) is 7. The first kappa shape index (κ1) is 37.9. The molecule has 0 radical (unpaired) electrons. The summed E-state index contributed by atoms with van der Waals surface area (Å²) < 4.78 is 12.6. The third-order valence-corrected chi connectivity index (χ3v) is 10.9. The molecule has 3 atom stereocenters. The van der Waals surface area contributed by atoms with Crippen LogP contribution < -0.4 is 10.2 Å². The van der Waals surface area contributed by atoms with Crippen molar-refractivity contribution in [2.45, 2.75) is 77.7 Å². The van der Waals surface area contributed by atoms with Crippen LogP contribution in [0, 0.1) is 5.92 Å². The molecule has 7 rings (SSSR count). The van der Waals surface area contributed by atoms with E-state index in [9.17, 15) is 45.3 Å². The minimum atomic E-state index is -1.01. The summed E-state index contributed by atoms with van der Waals surface area (Å²) in [5.74, 6) is -5.42. The van der Waals surface area contributed by atoms with Crippen LogP contribution in [0.4, 0.5) is 0 Å². The maximum Gasteiger partial charge on any atom is 0.200 e. The Hall–Kier alpha value is -6.36. The fourth-order valence-electron chi connectivity index (χ4n) is 8.21. The predicted molar refractivity (Wildman–Crippen MR) is 210 cm³/mol. The molecule has 0 bridgehead atoms. The number of rotatable bonds is 7. The summed E-state index contributed by atoms with van der Waals surface area (Å²) >= 11 is 0. The summed E-state index contributed by atoms with van der Waals surface area (Å²) in [7, 11) is 0. The third-order valence-electron chi connectivity index (χ3n) is 10.9. The highest BCUT2D eigenvalue weighted by Crippen LogP contribution is 2.55. The molecule has 0 unspecified atom stereocenters. The molecule has 2 heterocycles. The van der Waals surface area contributed by atoms with E-state index in [-0.39, 0.29) is 86.1 Å². The fraction of sp³-hybridized carbons (Fsp3) is 0.289. The summed E-state index contributed by atoms with van der Waals surface area (Å²) in [6.07, 6.45) is 4.91. The van der Waals surface area contributed by atoms with Crippen molar-refractivity contribution < 1.29 is 49.7 Å². The van der Waals surface area contributed by atoms with E-state index in [0.717, 1.165) is 23.8 Å². The van der Waals surface area contributed by atoms with E-state index < -0.39 is 46.1 Å². The molecule has 2 aliphatic rings. The van der Waals surface area contributed by atoms with Gasteiger partial charge in [0.25, 0.3) is 0 Å². The van der Waals surface area contributed by atoms with Gasteiger partial charge < -0.3 is 44.9 Å². The zero-order chi connectivity index (χ0) is 40.4. The lowest BCUT2D eigenvalue weighted by atomic mass is 9.65. The van der Waals surface area contributed by atoms with Gasteiger partial charge in [-0.1, -0.05) is 29.4 Å². The normalized spacial score (nSPS) is 18.8. The summed E-state index contributed by atoms with van der Waals surface area (Å²) in [6, 6.07) is 12.0. The van der Waals surface area contributed by atoms with Gasteiger partial charge in [0.1, 0.15) is 68.3 Å². The number of phenols is 7. The molecular formula is C45H44O11. The number of Topliss-reactive ketones (excluding diaryl/α,β-unsaturated/α-hetero) is 1. The van der Waals surface area contributed by atoms with E-state index in [1.54, 1.807) is 25.1 Å². The molecule has 7 N–H and O–H groups in total. The third kappa shape index (κ3) is 6.67. The van der Waals surface area contributed by atoms with E-state index in [2.05, 4.69) is 0 Å². The molecule has 56 heavy (non-hydrogen) atoms. The molecule has 290 valence electrons. The number of ether oxygens (including phenoxy) is 1. The minimum Gasteiger partial charge on any atom is -0.508 e. The highest BCUT2D eigenvalue weighted by atomic mass is 16.5. The number of hydrogen-bond acceptors (Lipinski definition) is 11. The zero-order valence-electron chi connectivity index (χ0n) is 31.7. The standard InChI is InChI=1S/C45H44O11/c1-21(2)6-9-29-42(54)39-35(51)20-34(50)38(44(39)55-43(29)26-11-8-24(47)19-33(26)49)30-16-22(3)17-31(37(30)25-10-7-23(46)18-32(25)48)41(53)28-12-13-36-27(40(28)52)14-15-45(4,5)56-36/h6-8,10-13,16,18-20,30-31,37,46-52H,9,14-15,17H2,1-5H3/t30-,31+,37+/m1/s1. The highest BCUT2D eigenvalue weighted by molar-refractivity contribution is 6.02. The van der Waals surface area contributed by atoms with Crippen molar-refractivity contribution in [3.05, 3.63) is 116 Å². The van der Waals surface area contributed by atoms with Crippen molar-refractivity contribution in [2.24, 2.45) is 5.92 Å². The monoisotopic (exact) mass is 760 g/mol. The van der Waals surface area contributed by atoms with Crippen LogP contribution in [-0.4, -0.2) is 47.1 Å². The molecule has 5 aromatic rings. The lowest BCUT2D eigenvalue weighted by molar-refractivity contribution is 0.0830. The van der Waals surface area contributed by atoms with Crippen LogP contribution in [0.1, 0.15) is 91.9 Å². The minimum absolute atomic E-state index is 0.0165. The van der Waals surface area contributed by atoms with Gasteiger partial charge in [-0.3, -0.25) is 9.59 Å². The Balaban J connectivity index is 1.49. The quantitative estimate of drug-likeness (QED) is 0.0618. The number of carbonyl (C=O) groups is 1. The average molecular weight is 761 g/mol. The average Bonchev–Trinajstić information content (AvgIpc) is 3.10. The Morgan fingerprint density at radius 1 is 0.875 bits per heavy atom. The molecule has 0 amide bonds. The summed E-state index contributed by atoms with van der Waals surface area (Å²) in [6.45, 7) is 9.39. The van der Waals surface area contributed by atoms with Gasteiger partial charge in [0.2, 0.25) is 5.43 Å². The maximum absolute atomic E-state index is 14.9. The smallest absolute Gasteiger partial charge is 0.200 e. The topological polar surface area (TPSA) is 198 Å². The Morgan fingerprint density at radius 3 is 2.25 bits per heavy atom. The number of aromatic hydroxyl groups is 7. The first-order chi connectivity index (χ1) is 26.5. The second-order valence-electron chi connectivity index (χ2n) is 15.7. The second kappa shape index (κ2) is 14.1. The van der Waals surface area contributed by atoms with Crippen molar-refractivity contribution in [3.8, 4) is 57.3 Å². The Bertz CT molecular complexity index is 2550. The van der Waals surface area contributed by atoms with Crippen LogP contribution in [0.2, 0.25) is 0 Å². The van der Waals surface area contributed by atoms with E-state index in [4.69, 9.17) is 9.15 Å². The molecule has 1 aliphatic heterocycles. The van der Waals surface area contributed by atoms with Gasteiger partial charge in [0.05, 0.1) is 11.1 Å². The molecule has 0 spiro atoms. The van der Waals surface area contributed by atoms with Crippen molar-refractivity contribution in [1.29, 1.82) is 0 Å². The number of allylic oxidation sites excluding steroid dienone is 4. The van der Waals surface area contributed by atoms with Gasteiger partial charge in [-0.05, 0) is 96.2 Å². The van der Waals surface area contributed by atoms with Gasteiger partial charge in [0, 0.05) is 52.6 Å². The van der Waals surface area contributed by atoms with E-state index in [1.807, 2.05) is 27.7 Å². The predicted octanol–water partition coefficient (Wildman–Crippen LogP) is 8.73. The van der Waals surface area contributed by atoms with Crippen LogP contribution in [0.5, 0.6) is 46.0 Å². The van der Waals surface area contributed by atoms with Crippen molar-refractivity contribution in [2.75, 3.05) is 0 Å². The van der Waals surface area contributed by atoms with Crippen LogP contribution >= 0.6 is 0 Å². The van der Waals surface area contributed by atoms with Gasteiger partial charge in [0.15, 0.2) is 5.78 Å². The number of fused-ring (bicyclic) bond motifs is 2. The number of ketones is 1. The van der Waals surface area contributed by atoms with Crippen LogP contribution in [0.3, 0.4) is 0 Å². The van der Waals surface area contributed by atoms with Crippen molar-refractivity contribution in [1.82, 2.24) is 0 Å². The Labute approximate surface area is 322 Å². The van der Waals surface area contributed by atoms with Crippen molar-refractivity contribution >= 4 is 16.8 Å². The number of phenolic OH excluding ortho intramolecular Hbond substituents is 7. The summed E-state index contributed by atoms with van der Waals surface area (Å²) in [5, 5.41) is 77.1. The number of carbonyl (C=O) groups excluding carboxylic acids is 1. The molecule has 4 aromatic carbocycles. The molecular weight excluding hydrogens is 716 g/mol. The molecule has 0 fully saturated rings. The molecule has 11 nitrogen and oxygen atoms in total. The van der Waals surface area contributed by atoms with Gasteiger partial charge >= 0.3 is 0 Å². The largest absolute Gasteiger partial charge is 0.508 e. The molecule has 1 aliphatic carbocycles. The first-order valence-corrected chi connectivity index (χ1v) is 18.4. The number of benzene rings is 4. The van der Waals surface area contributed by atoms with E-state index >= 15 is 0 Å². The van der Waals surface area contributed by atoms with E-state index in [1.165, 1.54) is 30.3 Å². The lowest BCUT2D eigenvalue weighted by Gasteiger charge is -2.38. The zero-order valence-corrected chi connectivity index (χ0v) is 31.7. The molecule has 0 saturated heterocycles. The van der Waals surface area contributed by atoms with Gasteiger partial charge in [-0.2, -0.15) is 0 Å². The van der Waals surface area contributed by atoms with Crippen LogP contribution in [0.15, 0.2) is 87.1 Å². The maximum atomic E-state index is 14.9. The molecule has 0 saturated carbocycles. The second-order valence-corrected chi connectivity index (χ2v) is 15.7. The van der Waals surface area contributed by atoms with Crippen LogP contribution in [0.25, 0.3) is 22.3 Å². The Kier molecular flexibility index (Phi) is 9.52. The van der Waals surface area contributed by atoms with E-state index in [0.29, 0.717) is 29.7 Å².